The Morgan fingerprint density at radius 3 is 2.38 bits per heavy atom. The SMILES string of the molecule is COCCC(C)(OCCOC(C)C)C(=O)O. The maximum atomic E-state index is 11.0. The highest BCUT2D eigenvalue weighted by molar-refractivity contribution is 5.76. The zero-order valence-electron chi connectivity index (χ0n) is 10.5. The normalized spacial score (nSPS) is 15.1. The van der Waals surface area contributed by atoms with E-state index >= 15 is 0 Å². The third-order valence-electron chi connectivity index (χ3n) is 2.19. The molecule has 0 saturated carbocycles. The number of hydrogen-bond acceptors (Lipinski definition) is 4. The van der Waals surface area contributed by atoms with Crippen molar-refractivity contribution >= 4 is 5.97 Å². The van der Waals surface area contributed by atoms with E-state index in [1.807, 2.05) is 13.8 Å². The average molecular weight is 234 g/mol. The molecule has 0 bridgehead atoms. The Morgan fingerprint density at radius 2 is 1.94 bits per heavy atom. The second-order valence-electron chi connectivity index (χ2n) is 4.05. The quantitative estimate of drug-likeness (QED) is 0.609. The molecule has 1 unspecified atom stereocenters. The molecule has 0 amide bonds. The van der Waals surface area contributed by atoms with Crippen LogP contribution in [-0.2, 0) is 19.0 Å². The lowest BCUT2D eigenvalue weighted by molar-refractivity contribution is -0.168. The maximum Gasteiger partial charge on any atom is 0.335 e. The van der Waals surface area contributed by atoms with E-state index in [4.69, 9.17) is 19.3 Å². The molecule has 0 aromatic heterocycles. The van der Waals surface area contributed by atoms with E-state index in [1.54, 1.807) is 6.92 Å². The van der Waals surface area contributed by atoms with Gasteiger partial charge in [-0.3, -0.25) is 0 Å². The molecule has 0 heterocycles. The van der Waals surface area contributed by atoms with E-state index in [1.165, 1.54) is 7.11 Å². The molecule has 1 N–H and O–H groups in total. The molecule has 5 nitrogen and oxygen atoms in total. The largest absolute Gasteiger partial charge is 0.479 e. The Bertz CT molecular complexity index is 205. The van der Waals surface area contributed by atoms with E-state index in [2.05, 4.69) is 0 Å². The van der Waals surface area contributed by atoms with E-state index < -0.39 is 11.6 Å². The summed E-state index contributed by atoms with van der Waals surface area (Å²) < 4.78 is 15.5. The Hall–Kier alpha value is -0.650. The molecule has 0 aliphatic heterocycles. The fourth-order valence-corrected chi connectivity index (χ4v) is 1.09. The van der Waals surface area contributed by atoms with Crippen LogP contribution in [0.15, 0.2) is 0 Å². The third-order valence-corrected chi connectivity index (χ3v) is 2.19. The molecule has 96 valence electrons. The van der Waals surface area contributed by atoms with Crippen LogP contribution < -0.4 is 0 Å². The Balaban J connectivity index is 3.98. The van der Waals surface area contributed by atoms with Gasteiger partial charge in [-0.15, -0.1) is 0 Å². The van der Waals surface area contributed by atoms with Crippen molar-refractivity contribution in [1.82, 2.24) is 0 Å². The van der Waals surface area contributed by atoms with Crippen molar-refractivity contribution in [2.45, 2.75) is 38.9 Å². The van der Waals surface area contributed by atoms with Crippen molar-refractivity contribution in [2.75, 3.05) is 26.9 Å². The van der Waals surface area contributed by atoms with Crippen LogP contribution in [0.4, 0.5) is 0 Å². The van der Waals surface area contributed by atoms with Gasteiger partial charge < -0.3 is 19.3 Å². The molecule has 0 fully saturated rings. The van der Waals surface area contributed by atoms with Crippen LogP contribution in [0.3, 0.4) is 0 Å². The van der Waals surface area contributed by atoms with Gasteiger partial charge in [0, 0.05) is 20.1 Å². The van der Waals surface area contributed by atoms with E-state index in [-0.39, 0.29) is 12.7 Å². The number of methoxy groups -OCH3 is 1. The summed E-state index contributed by atoms with van der Waals surface area (Å²) in [6, 6.07) is 0. The van der Waals surface area contributed by atoms with Crippen LogP contribution in [0.5, 0.6) is 0 Å². The highest BCUT2D eigenvalue weighted by Gasteiger charge is 2.33. The predicted octanol–water partition coefficient (Wildman–Crippen LogP) is 1.31. The van der Waals surface area contributed by atoms with Crippen LogP contribution in [0, 0.1) is 0 Å². The number of carbonyl (C=O) groups is 1. The molecular formula is C11H22O5. The Morgan fingerprint density at radius 1 is 1.31 bits per heavy atom. The zero-order chi connectivity index (χ0) is 12.6. The van der Waals surface area contributed by atoms with Gasteiger partial charge in [-0.2, -0.15) is 0 Å². The Labute approximate surface area is 96.7 Å². The summed E-state index contributed by atoms with van der Waals surface area (Å²) in [7, 11) is 1.53. The predicted molar refractivity (Wildman–Crippen MR) is 59.6 cm³/mol. The van der Waals surface area contributed by atoms with Gasteiger partial charge in [-0.25, -0.2) is 4.79 Å². The minimum absolute atomic E-state index is 0.124. The molecular weight excluding hydrogens is 212 g/mol. The lowest BCUT2D eigenvalue weighted by Crippen LogP contribution is -2.40. The Kier molecular flexibility index (Phi) is 7.29. The second kappa shape index (κ2) is 7.60. The molecule has 0 saturated heterocycles. The number of carboxylic acid groups (broad SMARTS) is 1. The molecule has 0 rings (SSSR count). The fraction of sp³-hybridized carbons (Fsp3) is 0.909. The first-order valence-electron chi connectivity index (χ1n) is 5.40. The van der Waals surface area contributed by atoms with Gasteiger partial charge in [-0.05, 0) is 20.8 Å². The average Bonchev–Trinajstić information content (AvgIpc) is 2.21. The van der Waals surface area contributed by atoms with Crippen molar-refractivity contribution in [3.05, 3.63) is 0 Å². The number of ether oxygens (including phenoxy) is 3. The fourth-order valence-electron chi connectivity index (χ4n) is 1.09. The number of rotatable bonds is 9. The zero-order valence-corrected chi connectivity index (χ0v) is 10.5. The summed E-state index contributed by atoms with van der Waals surface area (Å²) in [6.45, 7) is 6.40. The van der Waals surface area contributed by atoms with Crippen molar-refractivity contribution in [1.29, 1.82) is 0 Å². The summed E-state index contributed by atoms with van der Waals surface area (Å²) in [4.78, 5) is 11.0. The highest BCUT2D eigenvalue weighted by Crippen LogP contribution is 2.15. The standard InChI is InChI=1S/C11H22O5/c1-9(2)15-7-8-16-11(3,10(12)13)5-6-14-4/h9H,5-8H2,1-4H3,(H,12,13). The highest BCUT2D eigenvalue weighted by atomic mass is 16.6. The van der Waals surface area contributed by atoms with E-state index in [0.717, 1.165) is 0 Å². The first-order chi connectivity index (χ1) is 7.42. The number of aliphatic carboxylic acids is 1. The second-order valence-corrected chi connectivity index (χ2v) is 4.05. The van der Waals surface area contributed by atoms with Gasteiger partial charge in [0.2, 0.25) is 0 Å². The molecule has 0 radical (unpaired) electrons. The summed E-state index contributed by atoms with van der Waals surface area (Å²) in [5, 5.41) is 9.05. The topological polar surface area (TPSA) is 65.0 Å². The smallest absolute Gasteiger partial charge is 0.335 e. The molecule has 0 spiro atoms. The monoisotopic (exact) mass is 234 g/mol. The van der Waals surface area contributed by atoms with Crippen molar-refractivity contribution in [3.63, 3.8) is 0 Å². The lowest BCUT2D eigenvalue weighted by Gasteiger charge is -2.25. The first kappa shape index (κ1) is 15.3. The van der Waals surface area contributed by atoms with Gasteiger partial charge >= 0.3 is 5.97 Å². The number of carboxylic acids is 1. The summed E-state index contributed by atoms with van der Waals surface area (Å²) in [5.74, 6) is -0.978. The van der Waals surface area contributed by atoms with Gasteiger partial charge in [0.1, 0.15) is 0 Å². The molecule has 16 heavy (non-hydrogen) atoms. The van der Waals surface area contributed by atoms with Gasteiger partial charge in [0.05, 0.1) is 19.3 Å². The molecule has 0 aliphatic rings. The molecule has 1 atom stereocenters. The van der Waals surface area contributed by atoms with E-state index in [0.29, 0.717) is 19.6 Å². The van der Waals surface area contributed by atoms with Crippen molar-refractivity contribution in [3.8, 4) is 0 Å². The molecule has 0 aliphatic carbocycles. The minimum Gasteiger partial charge on any atom is -0.479 e. The van der Waals surface area contributed by atoms with Gasteiger partial charge in [-0.1, -0.05) is 0 Å². The molecule has 0 aromatic carbocycles. The summed E-state index contributed by atoms with van der Waals surface area (Å²) in [5.41, 5.74) is -1.20. The van der Waals surface area contributed by atoms with Crippen LogP contribution in [0.2, 0.25) is 0 Å². The van der Waals surface area contributed by atoms with Crippen LogP contribution in [0.1, 0.15) is 27.2 Å². The van der Waals surface area contributed by atoms with Crippen LogP contribution >= 0.6 is 0 Å². The van der Waals surface area contributed by atoms with Crippen LogP contribution in [-0.4, -0.2) is 49.7 Å². The maximum absolute atomic E-state index is 11.0. The summed E-state index contributed by atoms with van der Waals surface area (Å²) >= 11 is 0. The van der Waals surface area contributed by atoms with Crippen LogP contribution in [0.25, 0.3) is 0 Å². The van der Waals surface area contributed by atoms with E-state index in [9.17, 15) is 4.79 Å². The molecule has 0 aromatic rings. The van der Waals surface area contributed by atoms with Crippen molar-refractivity contribution < 1.29 is 24.1 Å². The van der Waals surface area contributed by atoms with Gasteiger partial charge in [0.25, 0.3) is 0 Å². The molecule has 5 heteroatoms. The van der Waals surface area contributed by atoms with Gasteiger partial charge in [0.15, 0.2) is 5.60 Å². The lowest BCUT2D eigenvalue weighted by atomic mass is 10.0. The number of hydrogen-bond donors (Lipinski definition) is 1. The summed E-state index contributed by atoms with van der Waals surface area (Å²) in [6.07, 6.45) is 0.444. The first-order valence-corrected chi connectivity index (χ1v) is 5.40. The minimum atomic E-state index is -1.20. The third kappa shape index (κ3) is 6.05. The van der Waals surface area contributed by atoms with Crippen molar-refractivity contribution in [2.24, 2.45) is 0 Å².